The lowest BCUT2D eigenvalue weighted by molar-refractivity contribution is -0.171. The van der Waals surface area contributed by atoms with Crippen LogP contribution >= 0.6 is 0 Å². The van der Waals surface area contributed by atoms with E-state index < -0.39 is 11.2 Å². The molecule has 0 aromatic carbocycles. The van der Waals surface area contributed by atoms with Gasteiger partial charge in [-0.05, 0) is 67.7 Å². The van der Waals surface area contributed by atoms with Gasteiger partial charge in [-0.1, -0.05) is 26.7 Å². The molecule has 0 aliphatic heterocycles. The monoisotopic (exact) mass is 358 g/mol. The molecule has 0 saturated heterocycles. The van der Waals surface area contributed by atoms with Crippen molar-refractivity contribution in [3.05, 3.63) is 0 Å². The number of carbonyl (C=O) groups is 1. The van der Waals surface area contributed by atoms with Crippen molar-refractivity contribution in [3.8, 4) is 0 Å². The number of carbonyl (C=O) groups excluding carboxylic acids is 1. The van der Waals surface area contributed by atoms with Crippen LogP contribution in [0.25, 0.3) is 0 Å². The number of esters is 1. The normalized spacial score (nSPS) is 13.8. The Kier molecular flexibility index (Phi) is 9.13. The zero-order valence-electron chi connectivity index (χ0n) is 18.1. The number of hydrogen-bond donors (Lipinski definition) is 1. The maximum atomic E-state index is 12.2. The Morgan fingerprint density at radius 3 is 1.88 bits per heavy atom. The maximum Gasteiger partial charge on any atom is 0.306 e. The van der Waals surface area contributed by atoms with Crippen LogP contribution < -0.4 is 0 Å². The highest BCUT2D eigenvalue weighted by atomic mass is 16.6. The molecule has 150 valence electrons. The van der Waals surface area contributed by atoms with Crippen molar-refractivity contribution in [1.82, 2.24) is 0 Å². The van der Waals surface area contributed by atoms with Crippen LogP contribution in [0.3, 0.4) is 0 Å². The molecule has 4 nitrogen and oxygen atoms in total. The van der Waals surface area contributed by atoms with Crippen LogP contribution in [0, 0.1) is 5.41 Å². The van der Waals surface area contributed by atoms with Crippen molar-refractivity contribution in [2.24, 2.45) is 5.41 Å². The van der Waals surface area contributed by atoms with Gasteiger partial charge < -0.3 is 14.6 Å². The summed E-state index contributed by atoms with van der Waals surface area (Å²) in [4.78, 5) is 12.2. The Labute approximate surface area is 155 Å². The molecule has 0 radical (unpaired) electrons. The molecule has 4 heteroatoms. The van der Waals surface area contributed by atoms with Crippen LogP contribution in [0.5, 0.6) is 0 Å². The average Bonchev–Trinajstić information content (AvgIpc) is 2.34. The van der Waals surface area contributed by atoms with Gasteiger partial charge in [-0.3, -0.25) is 4.79 Å². The second-order valence-corrected chi connectivity index (χ2v) is 9.95. The Hall–Kier alpha value is -0.610. The van der Waals surface area contributed by atoms with Crippen LogP contribution in [0.4, 0.5) is 0 Å². The van der Waals surface area contributed by atoms with Crippen LogP contribution in [0.2, 0.25) is 0 Å². The lowest BCUT2D eigenvalue weighted by Gasteiger charge is -2.41. The van der Waals surface area contributed by atoms with E-state index in [0.29, 0.717) is 13.0 Å². The number of rotatable bonds is 11. The van der Waals surface area contributed by atoms with Crippen molar-refractivity contribution in [3.63, 3.8) is 0 Å². The van der Waals surface area contributed by atoms with Crippen LogP contribution in [0.1, 0.15) is 101 Å². The summed E-state index contributed by atoms with van der Waals surface area (Å²) in [6, 6.07) is 0. The summed E-state index contributed by atoms with van der Waals surface area (Å²) in [5.74, 6) is -0.141. The predicted molar refractivity (Wildman–Crippen MR) is 104 cm³/mol. The van der Waals surface area contributed by atoms with E-state index in [1.807, 2.05) is 48.5 Å². The first-order chi connectivity index (χ1) is 11.1. The number of ether oxygens (including phenoxy) is 2. The third kappa shape index (κ3) is 11.6. The molecule has 0 atom stereocenters. The molecule has 1 N–H and O–H groups in total. The lowest BCUT2D eigenvalue weighted by atomic mass is 9.74. The van der Waals surface area contributed by atoms with E-state index in [0.717, 1.165) is 32.1 Å². The van der Waals surface area contributed by atoms with E-state index in [1.54, 1.807) is 0 Å². The zero-order valence-corrected chi connectivity index (χ0v) is 18.1. The standard InChI is InChI=1S/C21H42O4/c1-18(2,3)24-16-15-19(4,5)21(8,9)25-17(22)13-11-10-12-14-20(6,7)23/h23H,10-16H2,1-9H3. The average molecular weight is 359 g/mol. The Bertz CT molecular complexity index is 397. The first kappa shape index (κ1) is 24.4. The topological polar surface area (TPSA) is 55.8 Å². The summed E-state index contributed by atoms with van der Waals surface area (Å²) in [6.07, 6.45) is 4.69. The fourth-order valence-electron chi connectivity index (χ4n) is 2.39. The van der Waals surface area contributed by atoms with Crippen LogP contribution in [-0.4, -0.2) is 34.5 Å². The van der Waals surface area contributed by atoms with Gasteiger partial charge >= 0.3 is 5.97 Å². The smallest absolute Gasteiger partial charge is 0.306 e. The lowest BCUT2D eigenvalue weighted by Crippen LogP contribution is -2.44. The Balaban J connectivity index is 4.27. The van der Waals surface area contributed by atoms with Gasteiger partial charge in [0.25, 0.3) is 0 Å². The second-order valence-electron chi connectivity index (χ2n) is 9.95. The molecule has 0 saturated carbocycles. The van der Waals surface area contributed by atoms with E-state index in [2.05, 4.69) is 13.8 Å². The summed E-state index contributed by atoms with van der Waals surface area (Å²) < 4.78 is 11.6. The van der Waals surface area contributed by atoms with Gasteiger partial charge in [-0.2, -0.15) is 0 Å². The Morgan fingerprint density at radius 2 is 1.40 bits per heavy atom. The minimum absolute atomic E-state index is 0.141. The van der Waals surface area contributed by atoms with E-state index in [4.69, 9.17) is 9.47 Å². The fourth-order valence-corrected chi connectivity index (χ4v) is 2.39. The molecule has 0 aliphatic carbocycles. The van der Waals surface area contributed by atoms with Crippen molar-refractivity contribution in [2.75, 3.05) is 6.61 Å². The number of unbranched alkanes of at least 4 members (excludes halogenated alkanes) is 2. The van der Waals surface area contributed by atoms with Gasteiger partial charge in [-0.25, -0.2) is 0 Å². The molecule has 0 heterocycles. The third-order valence-electron chi connectivity index (χ3n) is 4.93. The first-order valence-corrected chi connectivity index (χ1v) is 9.64. The van der Waals surface area contributed by atoms with E-state index in [-0.39, 0.29) is 17.0 Å². The van der Waals surface area contributed by atoms with E-state index in [1.165, 1.54) is 0 Å². The fraction of sp³-hybridized carbons (Fsp3) is 0.952. The van der Waals surface area contributed by atoms with E-state index >= 15 is 0 Å². The minimum Gasteiger partial charge on any atom is -0.459 e. The van der Waals surface area contributed by atoms with Gasteiger partial charge in [-0.15, -0.1) is 0 Å². The summed E-state index contributed by atoms with van der Waals surface area (Å²) in [7, 11) is 0. The molecule has 0 bridgehead atoms. The van der Waals surface area contributed by atoms with E-state index in [9.17, 15) is 9.90 Å². The Morgan fingerprint density at radius 1 is 0.840 bits per heavy atom. The molecule has 0 aromatic rings. The molecule has 0 aliphatic rings. The maximum absolute atomic E-state index is 12.2. The molecule has 0 spiro atoms. The summed E-state index contributed by atoms with van der Waals surface area (Å²) in [5, 5.41) is 9.69. The first-order valence-electron chi connectivity index (χ1n) is 9.64. The molecular formula is C21H42O4. The molecule has 0 fully saturated rings. The SMILES string of the molecule is CC(C)(O)CCCCCC(=O)OC(C)(C)C(C)(C)CCOC(C)(C)C. The quantitative estimate of drug-likeness (QED) is 0.404. The van der Waals surface area contributed by atoms with Crippen LogP contribution in [0.15, 0.2) is 0 Å². The molecule has 0 unspecified atom stereocenters. The van der Waals surface area contributed by atoms with Crippen molar-refractivity contribution in [1.29, 1.82) is 0 Å². The number of hydrogen-bond acceptors (Lipinski definition) is 4. The summed E-state index contributed by atoms with van der Waals surface area (Å²) >= 11 is 0. The molecular weight excluding hydrogens is 316 g/mol. The zero-order chi connectivity index (χ0) is 19.9. The molecule has 0 aromatic heterocycles. The number of aliphatic hydroxyl groups is 1. The van der Waals surface area contributed by atoms with Gasteiger partial charge in [0.2, 0.25) is 0 Å². The van der Waals surface area contributed by atoms with Crippen LogP contribution in [-0.2, 0) is 14.3 Å². The van der Waals surface area contributed by atoms with Crippen molar-refractivity contribution < 1.29 is 19.4 Å². The highest BCUT2D eigenvalue weighted by molar-refractivity contribution is 5.69. The third-order valence-corrected chi connectivity index (χ3v) is 4.93. The molecule has 25 heavy (non-hydrogen) atoms. The van der Waals surface area contributed by atoms with Crippen molar-refractivity contribution in [2.45, 2.75) is 118 Å². The highest BCUT2D eigenvalue weighted by Gasteiger charge is 2.40. The minimum atomic E-state index is -0.623. The highest BCUT2D eigenvalue weighted by Crippen LogP contribution is 2.37. The van der Waals surface area contributed by atoms with Crippen molar-refractivity contribution >= 4 is 5.97 Å². The summed E-state index contributed by atoms with van der Waals surface area (Å²) in [6.45, 7) is 18.6. The summed E-state index contributed by atoms with van der Waals surface area (Å²) in [5.41, 5.74) is -1.49. The van der Waals surface area contributed by atoms with Gasteiger partial charge in [0.15, 0.2) is 0 Å². The molecule has 0 rings (SSSR count). The predicted octanol–water partition coefficient (Wildman–Crippen LogP) is 5.26. The second kappa shape index (κ2) is 9.36. The molecule has 0 amide bonds. The van der Waals surface area contributed by atoms with Gasteiger partial charge in [0.05, 0.1) is 11.2 Å². The van der Waals surface area contributed by atoms with Gasteiger partial charge in [0.1, 0.15) is 5.60 Å². The largest absolute Gasteiger partial charge is 0.459 e. The van der Waals surface area contributed by atoms with Gasteiger partial charge in [0, 0.05) is 18.4 Å².